The first kappa shape index (κ1) is 20.6. The fourth-order valence-electron chi connectivity index (χ4n) is 3.30. The molecule has 0 atom stereocenters. The van der Waals surface area contributed by atoms with Crippen molar-refractivity contribution >= 4 is 23.4 Å². The SMILES string of the molecule is CNC(=O)c1cc2c(nc1NCC(C)C)CCN(C(=O)Nc1ccccc1)CC2. The number of nitrogens with zero attached hydrogens (tertiary/aromatic N) is 2. The van der Waals surface area contributed by atoms with Crippen molar-refractivity contribution in [3.63, 3.8) is 0 Å². The molecule has 3 rings (SSSR count). The predicted octanol–water partition coefficient (Wildman–Crippen LogP) is 3.14. The maximum Gasteiger partial charge on any atom is 0.321 e. The quantitative estimate of drug-likeness (QED) is 0.726. The van der Waals surface area contributed by atoms with E-state index in [1.54, 1.807) is 11.9 Å². The second-order valence-electron chi connectivity index (χ2n) is 7.63. The van der Waals surface area contributed by atoms with E-state index in [0.29, 0.717) is 43.2 Å². The van der Waals surface area contributed by atoms with Gasteiger partial charge in [0.05, 0.1) is 5.56 Å². The number of para-hydroxylation sites is 1. The summed E-state index contributed by atoms with van der Waals surface area (Å²) < 4.78 is 0. The third kappa shape index (κ3) is 5.25. The molecule has 0 bridgehead atoms. The minimum absolute atomic E-state index is 0.117. The first-order chi connectivity index (χ1) is 14.0. The van der Waals surface area contributed by atoms with Gasteiger partial charge in [0.2, 0.25) is 0 Å². The lowest BCUT2D eigenvalue weighted by molar-refractivity contribution is 0.0963. The molecule has 0 saturated heterocycles. The van der Waals surface area contributed by atoms with Gasteiger partial charge in [0.25, 0.3) is 5.91 Å². The molecule has 0 aliphatic carbocycles. The maximum atomic E-state index is 12.7. The normalized spacial score (nSPS) is 13.4. The van der Waals surface area contributed by atoms with Crippen molar-refractivity contribution in [2.24, 2.45) is 5.92 Å². The lowest BCUT2D eigenvalue weighted by Gasteiger charge is -2.20. The number of nitrogens with one attached hydrogen (secondary N) is 3. The van der Waals surface area contributed by atoms with Crippen molar-refractivity contribution in [2.45, 2.75) is 26.7 Å². The average molecular weight is 396 g/mol. The van der Waals surface area contributed by atoms with Gasteiger partial charge in [-0.25, -0.2) is 9.78 Å². The van der Waals surface area contributed by atoms with E-state index in [-0.39, 0.29) is 11.9 Å². The molecule has 0 fully saturated rings. The molecule has 0 saturated carbocycles. The molecular formula is C22H29N5O2. The molecule has 0 unspecified atom stereocenters. The third-order valence-corrected chi connectivity index (χ3v) is 4.92. The van der Waals surface area contributed by atoms with E-state index in [9.17, 15) is 9.59 Å². The molecule has 29 heavy (non-hydrogen) atoms. The standard InChI is InChI=1S/C22H29N5O2/c1-15(2)14-24-20-18(21(28)23-3)13-16-9-11-27(12-10-19(16)26-20)22(29)25-17-7-5-4-6-8-17/h4-8,13,15H,9-12,14H2,1-3H3,(H,23,28)(H,24,26)(H,25,29). The van der Waals surface area contributed by atoms with Crippen LogP contribution in [0.15, 0.2) is 36.4 Å². The molecule has 1 aliphatic heterocycles. The molecule has 3 N–H and O–H groups in total. The Morgan fingerprint density at radius 2 is 1.86 bits per heavy atom. The summed E-state index contributed by atoms with van der Waals surface area (Å²) in [5.74, 6) is 0.888. The smallest absolute Gasteiger partial charge is 0.321 e. The molecule has 7 heteroatoms. The Morgan fingerprint density at radius 3 is 2.55 bits per heavy atom. The molecule has 1 aromatic heterocycles. The van der Waals surface area contributed by atoms with Gasteiger partial charge < -0.3 is 20.9 Å². The highest BCUT2D eigenvalue weighted by atomic mass is 16.2. The molecule has 1 aromatic carbocycles. The van der Waals surface area contributed by atoms with Crippen molar-refractivity contribution in [3.05, 3.63) is 53.2 Å². The molecule has 154 valence electrons. The van der Waals surface area contributed by atoms with Gasteiger partial charge >= 0.3 is 6.03 Å². The molecule has 1 aliphatic rings. The number of carbonyl (C=O) groups is 2. The topological polar surface area (TPSA) is 86.4 Å². The summed E-state index contributed by atoms with van der Waals surface area (Å²) in [7, 11) is 1.62. The number of pyridine rings is 1. The van der Waals surface area contributed by atoms with Gasteiger partial charge in [0.15, 0.2) is 0 Å². The first-order valence-electron chi connectivity index (χ1n) is 10.1. The lowest BCUT2D eigenvalue weighted by atomic mass is 10.0. The maximum absolute atomic E-state index is 12.7. The summed E-state index contributed by atoms with van der Waals surface area (Å²) in [6.07, 6.45) is 1.32. The molecule has 3 amide bonds. The van der Waals surface area contributed by atoms with Crippen LogP contribution in [0.25, 0.3) is 0 Å². The average Bonchev–Trinajstić information content (AvgIpc) is 2.93. The van der Waals surface area contributed by atoms with E-state index in [2.05, 4.69) is 29.8 Å². The Kier molecular flexibility index (Phi) is 6.69. The van der Waals surface area contributed by atoms with Crippen LogP contribution in [-0.4, -0.2) is 48.5 Å². The van der Waals surface area contributed by atoms with Crippen molar-refractivity contribution < 1.29 is 9.59 Å². The highest BCUT2D eigenvalue weighted by Crippen LogP contribution is 2.22. The number of urea groups is 1. The van der Waals surface area contributed by atoms with E-state index >= 15 is 0 Å². The zero-order valence-corrected chi connectivity index (χ0v) is 17.3. The Bertz CT molecular complexity index is 867. The largest absolute Gasteiger partial charge is 0.369 e. The number of carbonyl (C=O) groups excluding carboxylic acids is 2. The van der Waals surface area contributed by atoms with Crippen molar-refractivity contribution in [2.75, 3.05) is 37.3 Å². The van der Waals surface area contributed by atoms with Gasteiger partial charge in [-0.1, -0.05) is 32.0 Å². The summed E-state index contributed by atoms with van der Waals surface area (Å²) in [5.41, 5.74) is 3.29. The van der Waals surface area contributed by atoms with Crippen LogP contribution >= 0.6 is 0 Å². The summed E-state index contributed by atoms with van der Waals surface area (Å²) >= 11 is 0. The molecule has 2 heterocycles. The zero-order valence-electron chi connectivity index (χ0n) is 17.3. The van der Waals surface area contributed by atoms with Crippen LogP contribution in [0.1, 0.15) is 35.5 Å². The molecule has 0 spiro atoms. The van der Waals surface area contributed by atoms with Crippen LogP contribution in [0.2, 0.25) is 0 Å². The number of fused-ring (bicyclic) bond motifs is 1. The van der Waals surface area contributed by atoms with E-state index in [4.69, 9.17) is 4.98 Å². The van der Waals surface area contributed by atoms with Gasteiger partial charge in [0, 0.05) is 44.5 Å². The van der Waals surface area contributed by atoms with Crippen molar-refractivity contribution in [3.8, 4) is 0 Å². The van der Waals surface area contributed by atoms with E-state index in [1.807, 2.05) is 36.4 Å². The zero-order chi connectivity index (χ0) is 20.8. The second-order valence-corrected chi connectivity index (χ2v) is 7.63. The van der Waals surface area contributed by atoms with Gasteiger partial charge in [-0.3, -0.25) is 4.79 Å². The summed E-state index contributed by atoms with van der Waals surface area (Å²) in [5, 5.41) is 8.93. The highest BCUT2D eigenvalue weighted by molar-refractivity contribution is 5.99. The third-order valence-electron chi connectivity index (χ3n) is 4.92. The number of benzene rings is 1. The number of rotatable bonds is 5. The Hall–Kier alpha value is -3.09. The molecule has 0 radical (unpaired) electrons. The number of anilines is 2. The summed E-state index contributed by atoms with van der Waals surface area (Å²) in [6, 6.07) is 11.2. The molecular weight excluding hydrogens is 366 g/mol. The van der Waals surface area contributed by atoms with Crippen molar-refractivity contribution in [1.29, 1.82) is 0 Å². The summed E-state index contributed by atoms with van der Waals surface area (Å²) in [4.78, 5) is 31.6. The number of hydrogen-bond donors (Lipinski definition) is 3. The minimum Gasteiger partial charge on any atom is -0.369 e. The van der Waals surface area contributed by atoms with Crippen LogP contribution in [0.4, 0.5) is 16.3 Å². The molecule has 2 aromatic rings. The minimum atomic E-state index is -0.158. The first-order valence-corrected chi connectivity index (χ1v) is 10.1. The van der Waals surface area contributed by atoms with Gasteiger partial charge in [-0.05, 0) is 36.1 Å². The number of amides is 3. The van der Waals surface area contributed by atoms with E-state index in [1.165, 1.54) is 0 Å². The predicted molar refractivity (Wildman–Crippen MR) is 115 cm³/mol. The lowest BCUT2D eigenvalue weighted by Crippen LogP contribution is -2.36. The van der Waals surface area contributed by atoms with E-state index in [0.717, 1.165) is 23.5 Å². The van der Waals surface area contributed by atoms with Crippen LogP contribution in [0, 0.1) is 5.92 Å². The fourth-order valence-corrected chi connectivity index (χ4v) is 3.30. The number of aromatic nitrogens is 1. The second kappa shape index (κ2) is 9.41. The van der Waals surface area contributed by atoms with Gasteiger partial charge in [-0.2, -0.15) is 0 Å². The summed E-state index contributed by atoms with van der Waals surface area (Å²) in [6.45, 7) is 6.13. The molecule has 7 nitrogen and oxygen atoms in total. The van der Waals surface area contributed by atoms with Crippen LogP contribution in [-0.2, 0) is 12.8 Å². The highest BCUT2D eigenvalue weighted by Gasteiger charge is 2.22. The van der Waals surface area contributed by atoms with Crippen LogP contribution in [0.3, 0.4) is 0 Å². The van der Waals surface area contributed by atoms with Crippen molar-refractivity contribution in [1.82, 2.24) is 15.2 Å². The number of hydrogen-bond acceptors (Lipinski definition) is 4. The fraction of sp³-hybridized carbons (Fsp3) is 0.409. The monoisotopic (exact) mass is 395 g/mol. The van der Waals surface area contributed by atoms with E-state index < -0.39 is 0 Å². The van der Waals surface area contributed by atoms with Crippen LogP contribution < -0.4 is 16.0 Å². The Labute approximate surface area is 171 Å². The van der Waals surface area contributed by atoms with Gasteiger partial charge in [-0.15, -0.1) is 0 Å². The van der Waals surface area contributed by atoms with Crippen LogP contribution in [0.5, 0.6) is 0 Å². The Morgan fingerprint density at radius 1 is 1.14 bits per heavy atom. The Balaban J connectivity index is 1.77. The van der Waals surface area contributed by atoms with Gasteiger partial charge in [0.1, 0.15) is 5.82 Å².